The Hall–Kier alpha value is -3.23. The minimum atomic E-state index is -0.473. The molecule has 4 heterocycles. The van der Waals surface area contributed by atoms with Gasteiger partial charge in [-0.1, -0.05) is 6.07 Å². The van der Waals surface area contributed by atoms with E-state index in [1.54, 1.807) is 23.0 Å². The molecule has 0 N–H and O–H groups in total. The van der Waals surface area contributed by atoms with Crippen molar-refractivity contribution in [2.24, 2.45) is 5.92 Å². The van der Waals surface area contributed by atoms with Crippen molar-refractivity contribution in [1.82, 2.24) is 33.9 Å². The van der Waals surface area contributed by atoms with E-state index in [4.69, 9.17) is 0 Å². The second-order valence-electron chi connectivity index (χ2n) is 7.25. The first-order chi connectivity index (χ1) is 14.0. The topological polar surface area (TPSA) is 88.6 Å². The van der Waals surface area contributed by atoms with Gasteiger partial charge in [0, 0.05) is 45.1 Å². The number of carbonyl (C=O) groups is 2. The monoisotopic (exact) mass is 395 g/mol. The number of aromatic nitrogens is 5. The normalized spacial score (nSPS) is 19.3. The molecule has 9 nitrogen and oxygen atoms in total. The number of hydrogen-bond donors (Lipinski definition) is 0. The predicted octanol–water partition coefficient (Wildman–Crippen LogP) is 1.51. The van der Waals surface area contributed by atoms with Gasteiger partial charge in [0.1, 0.15) is 11.9 Å². The highest BCUT2D eigenvalue weighted by Crippen LogP contribution is 2.38. The van der Waals surface area contributed by atoms with Crippen LogP contribution in [-0.2, 0) is 22.7 Å². The summed E-state index contributed by atoms with van der Waals surface area (Å²) in [5.74, 6) is 0.874. The molecule has 0 radical (unpaired) electrons. The lowest BCUT2D eigenvalue weighted by Crippen LogP contribution is -2.38. The van der Waals surface area contributed by atoms with E-state index in [1.807, 2.05) is 53.4 Å². The molecule has 9 heteroatoms. The average Bonchev–Trinajstić information content (AvgIpc) is 3.44. The van der Waals surface area contributed by atoms with Crippen LogP contribution in [-0.4, -0.2) is 59.4 Å². The Morgan fingerprint density at radius 1 is 1.21 bits per heavy atom. The molecular weight excluding hydrogens is 370 g/mol. The zero-order chi connectivity index (χ0) is 20.5. The summed E-state index contributed by atoms with van der Waals surface area (Å²) >= 11 is 0. The Labute approximate surface area is 169 Å². The van der Waals surface area contributed by atoms with Gasteiger partial charge >= 0.3 is 0 Å². The minimum Gasteiger partial charge on any atom is -0.338 e. The molecule has 1 aliphatic heterocycles. The highest BCUT2D eigenvalue weighted by Gasteiger charge is 2.46. The fourth-order valence-corrected chi connectivity index (χ4v) is 4.13. The molecule has 1 fully saturated rings. The van der Waals surface area contributed by atoms with Crippen LogP contribution in [0, 0.1) is 5.92 Å². The Bertz CT molecular complexity index is 1040. The summed E-state index contributed by atoms with van der Waals surface area (Å²) in [4.78, 5) is 33.9. The van der Waals surface area contributed by atoms with Crippen molar-refractivity contribution in [3.63, 3.8) is 0 Å². The third-order valence-electron chi connectivity index (χ3n) is 5.58. The van der Waals surface area contributed by atoms with Gasteiger partial charge in [0.15, 0.2) is 11.5 Å². The van der Waals surface area contributed by atoms with Crippen molar-refractivity contribution in [3.8, 4) is 0 Å². The molecule has 0 saturated carbocycles. The summed E-state index contributed by atoms with van der Waals surface area (Å²) in [7, 11) is 1.74. The van der Waals surface area contributed by atoms with Crippen molar-refractivity contribution in [1.29, 1.82) is 0 Å². The zero-order valence-corrected chi connectivity index (χ0v) is 16.9. The molecule has 0 aliphatic carbocycles. The van der Waals surface area contributed by atoms with E-state index >= 15 is 0 Å². The zero-order valence-electron chi connectivity index (χ0n) is 16.9. The molecule has 0 bridgehead atoms. The Balaban J connectivity index is 1.61. The fourth-order valence-electron chi connectivity index (χ4n) is 4.13. The lowest BCUT2D eigenvalue weighted by atomic mass is 9.97. The van der Waals surface area contributed by atoms with Crippen molar-refractivity contribution in [2.45, 2.75) is 39.4 Å². The second kappa shape index (κ2) is 7.65. The van der Waals surface area contributed by atoms with Crippen LogP contribution < -0.4 is 0 Å². The number of carbonyl (C=O) groups excluding carboxylic acids is 2. The molecule has 0 unspecified atom stereocenters. The highest BCUT2D eigenvalue weighted by molar-refractivity contribution is 5.90. The van der Waals surface area contributed by atoms with Crippen LogP contribution in [0.4, 0.5) is 0 Å². The lowest BCUT2D eigenvalue weighted by molar-refractivity contribution is -0.136. The number of aryl methyl sites for hydroxylation is 1. The van der Waals surface area contributed by atoms with Gasteiger partial charge in [0.2, 0.25) is 11.8 Å². The van der Waals surface area contributed by atoms with Gasteiger partial charge in [0.05, 0.1) is 12.5 Å². The number of nitrogens with zero attached hydrogens (tertiary/aromatic N) is 7. The molecule has 29 heavy (non-hydrogen) atoms. The Morgan fingerprint density at radius 3 is 2.79 bits per heavy atom. The van der Waals surface area contributed by atoms with E-state index in [9.17, 15) is 9.59 Å². The molecule has 4 rings (SSSR count). The van der Waals surface area contributed by atoms with Gasteiger partial charge < -0.3 is 14.4 Å². The van der Waals surface area contributed by atoms with Crippen molar-refractivity contribution in [3.05, 3.63) is 48.4 Å². The van der Waals surface area contributed by atoms with E-state index in [0.717, 1.165) is 18.0 Å². The summed E-state index contributed by atoms with van der Waals surface area (Å²) < 4.78 is 3.86. The SMILES string of the molecule is CCN1C(=O)C[C@H](C(=O)N(C)Cc2nnc3ccccn23)[C@H]1c1nccn1CC. The molecular formula is C20H25N7O2. The number of likely N-dealkylation sites (tertiary alicyclic amines) is 1. The third kappa shape index (κ3) is 3.26. The molecule has 0 spiro atoms. The number of amides is 2. The maximum absolute atomic E-state index is 13.4. The lowest BCUT2D eigenvalue weighted by Gasteiger charge is -2.29. The van der Waals surface area contributed by atoms with Crippen LogP contribution >= 0.6 is 0 Å². The molecule has 1 aliphatic rings. The van der Waals surface area contributed by atoms with E-state index in [0.29, 0.717) is 18.9 Å². The van der Waals surface area contributed by atoms with Crippen LogP contribution in [0.25, 0.3) is 5.65 Å². The Kier molecular flexibility index (Phi) is 5.04. The van der Waals surface area contributed by atoms with E-state index in [2.05, 4.69) is 15.2 Å². The van der Waals surface area contributed by atoms with Crippen LogP contribution in [0.1, 0.15) is 38.0 Å². The summed E-state index contributed by atoms with van der Waals surface area (Å²) in [5.41, 5.74) is 0.736. The van der Waals surface area contributed by atoms with Gasteiger partial charge in [-0.3, -0.25) is 14.0 Å². The van der Waals surface area contributed by atoms with Crippen LogP contribution in [0.3, 0.4) is 0 Å². The second-order valence-corrected chi connectivity index (χ2v) is 7.25. The minimum absolute atomic E-state index is 0.0113. The number of fused-ring (bicyclic) bond motifs is 1. The van der Waals surface area contributed by atoms with Crippen LogP contribution in [0.2, 0.25) is 0 Å². The van der Waals surface area contributed by atoms with Gasteiger partial charge in [-0.15, -0.1) is 10.2 Å². The molecule has 3 aromatic rings. The van der Waals surface area contributed by atoms with E-state index < -0.39 is 5.92 Å². The number of rotatable bonds is 6. The summed E-state index contributed by atoms with van der Waals surface area (Å²) in [6.07, 6.45) is 5.68. The average molecular weight is 395 g/mol. The van der Waals surface area contributed by atoms with Crippen molar-refractivity contribution >= 4 is 17.5 Å². The van der Waals surface area contributed by atoms with Crippen LogP contribution in [0.15, 0.2) is 36.8 Å². The highest BCUT2D eigenvalue weighted by atomic mass is 16.2. The first kappa shape index (κ1) is 19.1. The molecule has 2 atom stereocenters. The number of pyridine rings is 1. The van der Waals surface area contributed by atoms with Crippen molar-refractivity contribution < 1.29 is 9.59 Å². The quantitative estimate of drug-likeness (QED) is 0.631. The van der Waals surface area contributed by atoms with Gasteiger partial charge in [-0.2, -0.15) is 0 Å². The summed E-state index contributed by atoms with van der Waals surface area (Å²) in [5, 5.41) is 8.36. The number of imidazole rings is 1. The largest absolute Gasteiger partial charge is 0.338 e. The van der Waals surface area contributed by atoms with Gasteiger partial charge in [0.25, 0.3) is 0 Å². The predicted molar refractivity (Wildman–Crippen MR) is 106 cm³/mol. The fraction of sp³-hybridized carbons (Fsp3) is 0.450. The third-order valence-corrected chi connectivity index (χ3v) is 5.58. The first-order valence-corrected chi connectivity index (χ1v) is 9.89. The number of hydrogen-bond acceptors (Lipinski definition) is 5. The maximum Gasteiger partial charge on any atom is 0.228 e. The standard InChI is InChI=1S/C20H25N7O2/c1-4-25-11-9-21-19(25)18-14(12-17(28)26(18)5-2)20(29)24(3)13-16-23-22-15-8-6-7-10-27(15)16/h6-11,14,18H,4-5,12-13H2,1-3H3/t14-,18-/m0/s1. The molecule has 152 valence electrons. The summed E-state index contributed by atoms with van der Waals surface area (Å²) in [6, 6.07) is 5.31. The molecule has 2 amide bonds. The molecule has 1 saturated heterocycles. The molecule has 3 aromatic heterocycles. The maximum atomic E-state index is 13.4. The van der Waals surface area contributed by atoms with Gasteiger partial charge in [-0.25, -0.2) is 4.98 Å². The Morgan fingerprint density at radius 2 is 2.03 bits per heavy atom. The molecule has 0 aromatic carbocycles. The smallest absolute Gasteiger partial charge is 0.228 e. The van der Waals surface area contributed by atoms with E-state index in [1.165, 1.54) is 0 Å². The van der Waals surface area contributed by atoms with Crippen LogP contribution in [0.5, 0.6) is 0 Å². The van der Waals surface area contributed by atoms with E-state index in [-0.39, 0.29) is 24.3 Å². The summed E-state index contributed by atoms with van der Waals surface area (Å²) in [6.45, 7) is 5.55. The van der Waals surface area contributed by atoms with Gasteiger partial charge in [-0.05, 0) is 26.0 Å². The van der Waals surface area contributed by atoms with Crippen molar-refractivity contribution in [2.75, 3.05) is 13.6 Å². The first-order valence-electron chi connectivity index (χ1n) is 9.89.